The van der Waals surface area contributed by atoms with Crippen molar-refractivity contribution in [1.29, 1.82) is 0 Å². The molecule has 1 aromatic heterocycles. The summed E-state index contributed by atoms with van der Waals surface area (Å²) in [4.78, 5) is 0. The zero-order valence-electron chi connectivity index (χ0n) is 13.2. The van der Waals surface area contributed by atoms with E-state index in [-0.39, 0.29) is 21.1 Å². The van der Waals surface area contributed by atoms with E-state index in [1.165, 1.54) is 22.0 Å². The van der Waals surface area contributed by atoms with Crippen LogP contribution in [0.25, 0.3) is 21.8 Å². The Morgan fingerprint density at radius 2 is 2.09 bits per heavy atom. The molecule has 3 nitrogen and oxygen atoms in total. The van der Waals surface area contributed by atoms with Gasteiger partial charge in [-0.1, -0.05) is 44.2 Å². The van der Waals surface area contributed by atoms with Crippen LogP contribution in [0.2, 0.25) is 0 Å². The molecule has 3 heterocycles. The van der Waals surface area contributed by atoms with Crippen LogP contribution in [0, 0.1) is 6.42 Å². The second kappa shape index (κ2) is 8.01. The van der Waals surface area contributed by atoms with E-state index in [2.05, 4.69) is 58.2 Å². The average molecular weight is 465 g/mol. The summed E-state index contributed by atoms with van der Waals surface area (Å²) < 4.78 is 2.37. The molecule has 0 radical (unpaired) electrons. The van der Waals surface area contributed by atoms with Crippen molar-refractivity contribution in [2.24, 2.45) is 0 Å². The van der Waals surface area contributed by atoms with E-state index in [1.807, 2.05) is 13.8 Å². The van der Waals surface area contributed by atoms with E-state index in [0.29, 0.717) is 6.04 Å². The maximum atomic E-state index is 3.97. The molecule has 0 bridgehead atoms. The van der Waals surface area contributed by atoms with Gasteiger partial charge >= 0.3 is 21.1 Å². The molecule has 1 unspecified atom stereocenters. The van der Waals surface area contributed by atoms with Gasteiger partial charge in [-0.25, -0.2) is 12.5 Å². The molecule has 1 atom stereocenters. The van der Waals surface area contributed by atoms with Crippen molar-refractivity contribution in [3.63, 3.8) is 0 Å². The Bertz CT molecular complexity index is 643. The predicted octanol–water partition coefficient (Wildman–Crippen LogP) is 3.61. The van der Waals surface area contributed by atoms with Gasteiger partial charge in [0.15, 0.2) is 0 Å². The zero-order valence-corrected chi connectivity index (χ0v) is 16.2. The van der Waals surface area contributed by atoms with Crippen LogP contribution in [-0.4, -0.2) is 30.2 Å². The van der Waals surface area contributed by atoms with Crippen molar-refractivity contribution in [3.05, 3.63) is 53.8 Å². The van der Waals surface area contributed by atoms with Crippen LogP contribution in [0.1, 0.15) is 19.4 Å². The normalized spacial score (nSPS) is 18.3. The Hall–Kier alpha value is -1.02. The van der Waals surface area contributed by atoms with Gasteiger partial charge in [0.2, 0.25) is 0 Å². The summed E-state index contributed by atoms with van der Waals surface area (Å²) in [6.45, 7) is 8.07. The number of nitrogens with one attached hydrogen (secondary N) is 1. The maximum Gasteiger partial charge on any atom is 2.00 e. The Morgan fingerprint density at radius 1 is 1.27 bits per heavy atom. The van der Waals surface area contributed by atoms with Gasteiger partial charge in [-0.2, -0.15) is 18.7 Å². The average Bonchev–Trinajstić information content (AvgIpc) is 2.94. The molecule has 22 heavy (non-hydrogen) atoms. The van der Waals surface area contributed by atoms with E-state index in [4.69, 9.17) is 0 Å². The summed E-state index contributed by atoms with van der Waals surface area (Å²) in [5.74, 6) is 0. The third kappa shape index (κ3) is 3.32. The van der Waals surface area contributed by atoms with E-state index >= 15 is 0 Å². The van der Waals surface area contributed by atoms with Crippen molar-refractivity contribution >= 4 is 16.5 Å². The summed E-state index contributed by atoms with van der Waals surface area (Å²) in [7, 11) is 0. The molecular weight excluding hydrogens is 442 g/mol. The molecule has 0 amide bonds. The first kappa shape index (κ1) is 17.3. The SMILES string of the molecule is C1=C2c3cccc4ccn(c34)CC2NC[CH-]1.CC[N-]CC.[W+2]. The monoisotopic (exact) mass is 465 g/mol. The van der Waals surface area contributed by atoms with Gasteiger partial charge in [0.1, 0.15) is 0 Å². The van der Waals surface area contributed by atoms with Crippen molar-refractivity contribution in [2.75, 3.05) is 19.6 Å². The molecule has 116 valence electrons. The molecule has 1 aromatic carbocycles. The Kier molecular flexibility index (Phi) is 6.31. The van der Waals surface area contributed by atoms with Crippen molar-refractivity contribution in [3.8, 4) is 0 Å². The van der Waals surface area contributed by atoms with Crippen LogP contribution in [0.3, 0.4) is 0 Å². The molecule has 0 fully saturated rings. The van der Waals surface area contributed by atoms with Crippen LogP contribution < -0.4 is 5.32 Å². The fraction of sp³-hybridized carbons (Fsp3) is 0.389. The van der Waals surface area contributed by atoms with Gasteiger partial charge in [-0.3, -0.25) is 0 Å². The third-order valence-electron chi connectivity index (χ3n) is 4.08. The minimum absolute atomic E-state index is 0. The number of hydrogen-bond donors (Lipinski definition) is 1. The first-order valence-corrected chi connectivity index (χ1v) is 7.83. The third-order valence-corrected chi connectivity index (χ3v) is 4.08. The van der Waals surface area contributed by atoms with Gasteiger partial charge in [-0.05, 0) is 17.5 Å². The van der Waals surface area contributed by atoms with E-state index in [9.17, 15) is 0 Å². The predicted molar refractivity (Wildman–Crippen MR) is 90.4 cm³/mol. The quantitative estimate of drug-likeness (QED) is 0.676. The van der Waals surface area contributed by atoms with E-state index in [0.717, 1.165) is 26.2 Å². The van der Waals surface area contributed by atoms with Crippen LogP contribution in [0.15, 0.2) is 36.5 Å². The van der Waals surface area contributed by atoms with Gasteiger partial charge in [0.05, 0.1) is 0 Å². The van der Waals surface area contributed by atoms with Gasteiger partial charge in [-0.15, -0.1) is 0 Å². The molecule has 0 spiro atoms. The van der Waals surface area contributed by atoms with Crippen molar-refractivity contribution in [1.82, 2.24) is 9.88 Å². The summed E-state index contributed by atoms with van der Waals surface area (Å²) in [6, 6.07) is 9.27. The minimum atomic E-state index is 0. The molecular formula is C18H23N3W. The molecule has 2 aliphatic heterocycles. The van der Waals surface area contributed by atoms with E-state index in [1.54, 1.807) is 0 Å². The number of fused-ring (bicyclic) bond motifs is 2. The molecule has 0 aliphatic carbocycles. The fourth-order valence-electron chi connectivity index (χ4n) is 3.13. The van der Waals surface area contributed by atoms with Gasteiger partial charge in [0.25, 0.3) is 0 Å². The van der Waals surface area contributed by atoms with Gasteiger partial charge < -0.3 is 15.2 Å². The minimum Gasteiger partial charge on any atom is -0.663 e. The molecule has 2 aromatic rings. The number of para-hydroxylation sites is 1. The largest absolute Gasteiger partial charge is 2.00 e. The van der Waals surface area contributed by atoms with Gasteiger partial charge in [0, 0.05) is 18.3 Å². The molecule has 2 aliphatic rings. The van der Waals surface area contributed by atoms with Crippen molar-refractivity contribution in [2.45, 2.75) is 26.4 Å². The van der Waals surface area contributed by atoms with Crippen LogP contribution in [0.5, 0.6) is 0 Å². The summed E-state index contributed by atoms with van der Waals surface area (Å²) in [5.41, 5.74) is 4.23. The molecule has 4 rings (SSSR count). The summed E-state index contributed by atoms with van der Waals surface area (Å²) >= 11 is 0. The number of benzene rings is 1. The Balaban J connectivity index is 0.000000261. The van der Waals surface area contributed by atoms with Crippen LogP contribution >= 0.6 is 0 Å². The number of rotatable bonds is 2. The van der Waals surface area contributed by atoms with Crippen molar-refractivity contribution < 1.29 is 21.1 Å². The molecule has 0 saturated heterocycles. The second-order valence-electron chi connectivity index (χ2n) is 5.39. The molecule has 0 saturated carbocycles. The Morgan fingerprint density at radius 3 is 2.82 bits per heavy atom. The maximum absolute atomic E-state index is 3.97. The fourth-order valence-corrected chi connectivity index (χ4v) is 3.13. The first-order valence-electron chi connectivity index (χ1n) is 7.83. The zero-order chi connectivity index (χ0) is 14.7. The number of aromatic nitrogens is 1. The number of nitrogens with zero attached hydrogens (tertiary/aromatic N) is 2. The smallest absolute Gasteiger partial charge is 0.663 e. The summed E-state index contributed by atoms with van der Waals surface area (Å²) in [6.07, 6.45) is 6.70. The van der Waals surface area contributed by atoms with E-state index < -0.39 is 0 Å². The Labute approximate surface area is 147 Å². The topological polar surface area (TPSA) is 31.1 Å². The number of hydrogen-bond acceptors (Lipinski definition) is 1. The summed E-state index contributed by atoms with van der Waals surface area (Å²) in [5, 5.41) is 8.87. The molecule has 1 N–H and O–H groups in total. The first-order chi connectivity index (χ1) is 10.3. The van der Waals surface area contributed by atoms with Crippen LogP contribution in [-0.2, 0) is 27.6 Å². The van der Waals surface area contributed by atoms with Crippen LogP contribution in [0.4, 0.5) is 0 Å². The standard InChI is InChI=1S/C14H13N2.C4H10N.W/c1-3-10-6-8-16-9-13-11(5-2-7-15-13)12(4-1)14(10)16;1-3-5-4-2;/h1-6,8,13,15H,7,9H2;3-4H2,1-2H3;/q2*-1;+2. The second-order valence-corrected chi connectivity index (χ2v) is 5.39. The molecule has 4 heteroatoms.